The first-order valence-electron chi connectivity index (χ1n) is 5.73. The number of unbranched alkanes of at least 4 members (excludes halogenated alkanes) is 2. The topological polar surface area (TPSA) is 89.8 Å². The van der Waals surface area contributed by atoms with E-state index >= 15 is 0 Å². The summed E-state index contributed by atoms with van der Waals surface area (Å²) in [7, 11) is 0. The second-order valence-corrected chi connectivity index (χ2v) is 3.75. The van der Waals surface area contributed by atoms with Gasteiger partial charge in [0.25, 0.3) is 12.5 Å². The molecule has 0 aromatic heterocycles. The van der Waals surface area contributed by atoms with Gasteiger partial charge >= 0.3 is 0 Å². The van der Waals surface area contributed by atoms with Crippen molar-refractivity contribution in [3.63, 3.8) is 0 Å². The number of nitrogens with zero attached hydrogens (tertiary/aromatic N) is 3. The summed E-state index contributed by atoms with van der Waals surface area (Å²) in [5.41, 5.74) is 0. The SMILES string of the molecule is N#CCCCC(CCCCOC#N)COC#N. The standard InChI is InChI=1S/C12H17N3O2/c13-7-3-1-5-12(9-17-11-15)6-2-4-8-16-10-14/h12H,1-6,8-9H2. The molecule has 92 valence electrons. The van der Waals surface area contributed by atoms with Gasteiger partial charge in [0.1, 0.15) is 13.2 Å². The van der Waals surface area contributed by atoms with Crippen molar-refractivity contribution in [2.75, 3.05) is 13.2 Å². The van der Waals surface area contributed by atoms with Crippen LogP contribution in [0.4, 0.5) is 0 Å². The predicted octanol–water partition coefficient (Wildman–Crippen LogP) is 2.46. The van der Waals surface area contributed by atoms with Crippen LogP contribution in [0.15, 0.2) is 0 Å². The number of rotatable bonds is 10. The lowest BCUT2D eigenvalue weighted by Gasteiger charge is -2.13. The van der Waals surface area contributed by atoms with Gasteiger partial charge in [0.05, 0.1) is 6.07 Å². The van der Waals surface area contributed by atoms with E-state index < -0.39 is 0 Å². The third-order valence-corrected chi connectivity index (χ3v) is 2.46. The summed E-state index contributed by atoms with van der Waals surface area (Å²) in [6.07, 6.45) is 8.27. The van der Waals surface area contributed by atoms with Gasteiger partial charge < -0.3 is 9.47 Å². The van der Waals surface area contributed by atoms with Crippen LogP contribution in [0.3, 0.4) is 0 Å². The zero-order valence-electron chi connectivity index (χ0n) is 9.89. The fourth-order valence-electron chi connectivity index (χ4n) is 1.59. The largest absolute Gasteiger partial charge is 0.428 e. The molecule has 0 amide bonds. The molecule has 0 spiro atoms. The van der Waals surface area contributed by atoms with Crippen molar-refractivity contribution < 1.29 is 9.47 Å². The lowest BCUT2D eigenvalue weighted by molar-refractivity contribution is 0.188. The molecule has 1 atom stereocenters. The Hall–Kier alpha value is -1.93. The number of nitriles is 3. The molecule has 0 rings (SSSR count). The van der Waals surface area contributed by atoms with Crippen molar-refractivity contribution in [2.24, 2.45) is 5.92 Å². The van der Waals surface area contributed by atoms with Crippen LogP contribution in [0.25, 0.3) is 0 Å². The zero-order chi connectivity index (χ0) is 12.8. The second-order valence-electron chi connectivity index (χ2n) is 3.75. The molecule has 0 bridgehead atoms. The molecule has 5 nitrogen and oxygen atoms in total. The second kappa shape index (κ2) is 12.1. The van der Waals surface area contributed by atoms with Crippen LogP contribution in [0, 0.1) is 40.3 Å². The first kappa shape index (κ1) is 15.1. The monoisotopic (exact) mass is 235 g/mol. The summed E-state index contributed by atoms with van der Waals surface area (Å²) in [5.74, 6) is 0.310. The molecule has 17 heavy (non-hydrogen) atoms. The first-order chi connectivity index (χ1) is 8.35. The minimum absolute atomic E-state index is 0.310. The third-order valence-electron chi connectivity index (χ3n) is 2.46. The average Bonchev–Trinajstić information content (AvgIpc) is 2.35. The van der Waals surface area contributed by atoms with E-state index in [1.807, 2.05) is 0 Å². The first-order valence-corrected chi connectivity index (χ1v) is 5.73. The molecule has 0 aromatic rings. The highest BCUT2D eigenvalue weighted by Gasteiger charge is 2.09. The average molecular weight is 235 g/mol. The Balaban J connectivity index is 3.66. The highest BCUT2D eigenvalue weighted by molar-refractivity contribution is 4.70. The van der Waals surface area contributed by atoms with Crippen LogP contribution in [0.2, 0.25) is 0 Å². The van der Waals surface area contributed by atoms with Gasteiger partial charge in [-0.1, -0.05) is 0 Å². The maximum Gasteiger partial charge on any atom is 0.286 e. The Morgan fingerprint density at radius 1 is 0.882 bits per heavy atom. The van der Waals surface area contributed by atoms with Crippen molar-refractivity contribution in [1.82, 2.24) is 0 Å². The molecule has 1 unspecified atom stereocenters. The minimum atomic E-state index is 0.310. The third kappa shape index (κ3) is 10.4. The Kier molecular flexibility index (Phi) is 10.8. The number of hydrogen-bond donors (Lipinski definition) is 0. The van der Waals surface area contributed by atoms with Gasteiger partial charge in [-0.25, -0.2) is 0 Å². The van der Waals surface area contributed by atoms with E-state index in [1.54, 1.807) is 12.5 Å². The molecule has 0 aromatic carbocycles. The van der Waals surface area contributed by atoms with Crippen molar-refractivity contribution in [2.45, 2.75) is 38.5 Å². The molecule has 0 heterocycles. The number of ether oxygens (including phenoxy) is 2. The van der Waals surface area contributed by atoms with E-state index in [-0.39, 0.29) is 0 Å². The minimum Gasteiger partial charge on any atom is -0.428 e. The van der Waals surface area contributed by atoms with Crippen LogP contribution >= 0.6 is 0 Å². The molecule has 0 aliphatic heterocycles. The summed E-state index contributed by atoms with van der Waals surface area (Å²) >= 11 is 0. The van der Waals surface area contributed by atoms with Gasteiger partial charge in [0.2, 0.25) is 0 Å². The van der Waals surface area contributed by atoms with Gasteiger partial charge in [-0.2, -0.15) is 15.8 Å². The maximum atomic E-state index is 8.45. The van der Waals surface area contributed by atoms with E-state index in [0.717, 1.165) is 32.1 Å². The summed E-state index contributed by atoms with van der Waals surface area (Å²) in [6.45, 7) is 0.863. The molecule has 0 radical (unpaired) electrons. The van der Waals surface area contributed by atoms with Crippen LogP contribution in [0.5, 0.6) is 0 Å². The molecular weight excluding hydrogens is 218 g/mol. The van der Waals surface area contributed by atoms with Crippen LogP contribution < -0.4 is 0 Å². The van der Waals surface area contributed by atoms with Gasteiger partial charge in [-0.15, -0.1) is 0 Å². The van der Waals surface area contributed by atoms with Crippen LogP contribution in [-0.4, -0.2) is 13.2 Å². The smallest absolute Gasteiger partial charge is 0.286 e. The Morgan fingerprint density at radius 3 is 2.24 bits per heavy atom. The lowest BCUT2D eigenvalue weighted by Crippen LogP contribution is -2.08. The summed E-state index contributed by atoms with van der Waals surface area (Å²) in [4.78, 5) is 0. The van der Waals surface area contributed by atoms with Crippen LogP contribution in [-0.2, 0) is 9.47 Å². The molecule has 0 N–H and O–H groups in total. The van der Waals surface area contributed by atoms with Gasteiger partial charge in [-0.05, 0) is 38.0 Å². The normalized spacial score (nSPS) is 10.6. The van der Waals surface area contributed by atoms with Gasteiger partial charge in [0.15, 0.2) is 0 Å². The zero-order valence-corrected chi connectivity index (χ0v) is 9.89. The van der Waals surface area contributed by atoms with E-state index in [4.69, 9.17) is 20.5 Å². The van der Waals surface area contributed by atoms with E-state index in [0.29, 0.717) is 25.6 Å². The van der Waals surface area contributed by atoms with E-state index in [2.05, 4.69) is 10.8 Å². The predicted molar refractivity (Wildman–Crippen MR) is 59.9 cm³/mol. The number of hydrogen-bond acceptors (Lipinski definition) is 5. The van der Waals surface area contributed by atoms with Crippen molar-refractivity contribution in [3.8, 4) is 18.6 Å². The van der Waals surface area contributed by atoms with Crippen molar-refractivity contribution in [3.05, 3.63) is 0 Å². The molecule has 0 aliphatic carbocycles. The molecule has 0 saturated carbocycles. The Morgan fingerprint density at radius 2 is 1.59 bits per heavy atom. The van der Waals surface area contributed by atoms with Crippen molar-refractivity contribution >= 4 is 0 Å². The summed E-state index contributed by atoms with van der Waals surface area (Å²) in [5, 5.41) is 25.0. The van der Waals surface area contributed by atoms with E-state index in [9.17, 15) is 0 Å². The van der Waals surface area contributed by atoms with Gasteiger partial charge in [0, 0.05) is 6.42 Å². The maximum absolute atomic E-state index is 8.45. The fraction of sp³-hybridized carbons (Fsp3) is 0.750. The molecular formula is C12H17N3O2. The molecule has 0 aliphatic rings. The molecule has 0 saturated heterocycles. The van der Waals surface area contributed by atoms with Gasteiger partial charge in [-0.3, -0.25) is 0 Å². The summed E-state index contributed by atoms with van der Waals surface area (Å²) in [6, 6.07) is 2.10. The van der Waals surface area contributed by atoms with Crippen molar-refractivity contribution in [1.29, 1.82) is 15.8 Å². The molecule has 5 heteroatoms. The summed E-state index contributed by atoms with van der Waals surface area (Å²) < 4.78 is 9.32. The molecule has 0 fully saturated rings. The Bertz CT molecular complexity index is 298. The lowest BCUT2D eigenvalue weighted by atomic mass is 9.97. The van der Waals surface area contributed by atoms with E-state index in [1.165, 1.54) is 0 Å². The quantitative estimate of drug-likeness (QED) is 0.428. The van der Waals surface area contributed by atoms with Crippen LogP contribution in [0.1, 0.15) is 38.5 Å². The highest BCUT2D eigenvalue weighted by atomic mass is 16.5. The Labute approximate surface area is 102 Å². The highest BCUT2D eigenvalue weighted by Crippen LogP contribution is 2.16. The fourth-order valence-corrected chi connectivity index (χ4v) is 1.59.